The first-order valence-corrected chi connectivity index (χ1v) is 6.32. The van der Waals surface area contributed by atoms with Crippen molar-refractivity contribution in [2.24, 2.45) is 7.05 Å². The number of aliphatic hydroxyl groups is 1. The van der Waals surface area contributed by atoms with Crippen LogP contribution in [0.4, 0.5) is 0 Å². The van der Waals surface area contributed by atoms with Crippen LogP contribution in [0.2, 0.25) is 0 Å². The number of carbonyl (C=O) groups excluding carboxylic acids is 1. The fourth-order valence-corrected chi connectivity index (χ4v) is 2.46. The summed E-state index contributed by atoms with van der Waals surface area (Å²) in [7, 11) is 1.69. The second-order valence-electron chi connectivity index (χ2n) is 3.97. The van der Waals surface area contributed by atoms with Crippen LogP contribution in [-0.4, -0.2) is 32.6 Å². The third-order valence-electron chi connectivity index (χ3n) is 2.50. The first-order chi connectivity index (χ1) is 8.58. The van der Waals surface area contributed by atoms with E-state index in [0.717, 1.165) is 10.4 Å². The molecule has 96 valence electrons. The lowest BCUT2D eigenvalue weighted by Crippen LogP contribution is -2.28. The lowest BCUT2D eigenvalue weighted by atomic mass is 10.2. The number of rotatable bonds is 4. The van der Waals surface area contributed by atoms with Crippen molar-refractivity contribution in [3.8, 4) is 0 Å². The Morgan fingerprint density at radius 2 is 2.44 bits per heavy atom. The Bertz CT molecular complexity index is 549. The van der Waals surface area contributed by atoms with Gasteiger partial charge in [-0.1, -0.05) is 5.21 Å². The third kappa shape index (κ3) is 2.74. The van der Waals surface area contributed by atoms with Crippen molar-refractivity contribution in [2.45, 2.75) is 13.0 Å². The molecule has 2 rings (SSSR count). The molecular weight excluding hydrogens is 252 g/mol. The van der Waals surface area contributed by atoms with Crippen LogP contribution in [0, 0.1) is 6.92 Å². The van der Waals surface area contributed by atoms with E-state index < -0.39 is 6.10 Å². The lowest BCUT2D eigenvalue weighted by molar-refractivity contribution is 0.0912. The largest absolute Gasteiger partial charge is 0.386 e. The Hall–Kier alpha value is -1.73. The van der Waals surface area contributed by atoms with E-state index in [2.05, 4.69) is 15.6 Å². The molecule has 0 spiro atoms. The van der Waals surface area contributed by atoms with Gasteiger partial charge in [-0.25, -0.2) is 0 Å². The predicted molar refractivity (Wildman–Crippen MR) is 67.4 cm³/mol. The van der Waals surface area contributed by atoms with Crippen LogP contribution < -0.4 is 5.32 Å². The normalized spacial score (nSPS) is 12.4. The Kier molecular flexibility index (Phi) is 3.73. The number of hydrogen-bond acceptors (Lipinski definition) is 5. The number of aliphatic hydroxyl groups excluding tert-OH is 1. The Balaban J connectivity index is 1.92. The Labute approximate surface area is 108 Å². The van der Waals surface area contributed by atoms with Crippen LogP contribution >= 0.6 is 11.3 Å². The Morgan fingerprint density at radius 1 is 1.67 bits per heavy atom. The molecule has 6 nitrogen and oxygen atoms in total. The smallest absolute Gasteiger partial charge is 0.273 e. The van der Waals surface area contributed by atoms with Crippen molar-refractivity contribution >= 4 is 17.2 Å². The highest BCUT2D eigenvalue weighted by molar-refractivity contribution is 7.10. The lowest BCUT2D eigenvalue weighted by Gasteiger charge is -2.10. The van der Waals surface area contributed by atoms with Gasteiger partial charge in [0, 0.05) is 18.5 Å². The summed E-state index contributed by atoms with van der Waals surface area (Å²) in [5, 5.41) is 21.9. The van der Waals surface area contributed by atoms with Gasteiger partial charge >= 0.3 is 0 Å². The highest BCUT2D eigenvalue weighted by Gasteiger charge is 2.15. The van der Waals surface area contributed by atoms with Crippen LogP contribution in [-0.2, 0) is 7.05 Å². The molecule has 0 aliphatic carbocycles. The molecule has 2 aromatic rings. The summed E-state index contributed by atoms with van der Waals surface area (Å²) in [6, 6.07) is 1.94. The van der Waals surface area contributed by atoms with Crippen molar-refractivity contribution < 1.29 is 9.90 Å². The van der Waals surface area contributed by atoms with Crippen molar-refractivity contribution in [3.63, 3.8) is 0 Å². The summed E-state index contributed by atoms with van der Waals surface area (Å²) in [5.41, 5.74) is 1.27. The molecule has 0 radical (unpaired) electrons. The first kappa shape index (κ1) is 12.7. The van der Waals surface area contributed by atoms with E-state index in [1.165, 1.54) is 22.2 Å². The number of carbonyl (C=O) groups is 1. The number of aryl methyl sites for hydroxylation is 2. The molecule has 1 amide bonds. The van der Waals surface area contributed by atoms with Gasteiger partial charge in [0.25, 0.3) is 5.91 Å². The summed E-state index contributed by atoms with van der Waals surface area (Å²) in [5.74, 6) is -0.337. The number of aromatic nitrogens is 3. The molecule has 0 aliphatic rings. The number of nitrogens with one attached hydrogen (secondary N) is 1. The average Bonchev–Trinajstić information content (AvgIpc) is 2.94. The number of nitrogens with zero attached hydrogens (tertiary/aromatic N) is 3. The van der Waals surface area contributed by atoms with Crippen LogP contribution in [0.5, 0.6) is 0 Å². The van der Waals surface area contributed by atoms with E-state index >= 15 is 0 Å². The van der Waals surface area contributed by atoms with Gasteiger partial charge in [0.1, 0.15) is 6.10 Å². The number of hydrogen-bond donors (Lipinski definition) is 2. The van der Waals surface area contributed by atoms with Crippen molar-refractivity contribution in [2.75, 3.05) is 6.54 Å². The maximum Gasteiger partial charge on any atom is 0.273 e. The number of amides is 1. The molecular formula is C11H14N4O2S. The highest BCUT2D eigenvalue weighted by Crippen LogP contribution is 2.23. The van der Waals surface area contributed by atoms with E-state index in [0.29, 0.717) is 0 Å². The second kappa shape index (κ2) is 5.28. The van der Waals surface area contributed by atoms with Crippen molar-refractivity contribution in [3.05, 3.63) is 33.8 Å². The first-order valence-electron chi connectivity index (χ1n) is 5.44. The maximum absolute atomic E-state index is 11.7. The van der Waals surface area contributed by atoms with Gasteiger partial charge in [0.2, 0.25) is 0 Å². The van der Waals surface area contributed by atoms with Crippen LogP contribution in [0.3, 0.4) is 0 Å². The zero-order chi connectivity index (χ0) is 13.1. The minimum atomic E-state index is -0.689. The molecule has 0 fully saturated rings. The average molecular weight is 266 g/mol. The quantitative estimate of drug-likeness (QED) is 0.851. The summed E-state index contributed by atoms with van der Waals surface area (Å²) in [4.78, 5) is 12.6. The molecule has 2 heterocycles. The van der Waals surface area contributed by atoms with Gasteiger partial charge < -0.3 is 10.4 Å². The highest BCUT2D eigenvalue weighted by atomic mass is 32.1. The second-order valence-corrected chi connectivity index (χ2v) is 4.92. The molecule has 2 aromatic heterocycles. The SMILES string of the molecule is Cc1ccsc1C(O)CNC(=O)c1cn(C)nn1. The number of thiophene rings is 1. The van der Waals surface area contributed by atoms with Crippen molar-refractivity contribution in [1.29, 1.82) is 0 Å². The van der Waals surface area contributed by atoms with E-state index in [1.807, 2.05) is 18.4 Å². The third-order valence-corrected chi connectivity index (χ3v) is 3.62. The van der Waals surface area contributed by atoms with E-state index in [1.54, 1.807) is 7.05 Å². The zero-order valence-corrected chi connectivity index (χ0v) is 10.9. The molecule has 0 aromatic carbocycles. The minimum Gasteiger partial charge on any atom is -0.386 e. The fourth-order valence-electron chi connectivity index (χ4n) is 1.55. The molecule has 7 heteroatoms. The Morgan fingerprint density at radius 3 is 3.00 bits per heavy atom. The standard InChI is InChI=1S/C11H14N4O2S/c1-7-3-4-18-10(7)9(16)5-12-11(17)8-6-15(2)14-13-8/h3-4,6,9,16H,5H2,1-2H3,(H,12,17). The van der Waals surface area contributed by atoms with E-state index in [4.69, 9.17) is 0 Å². The monoisotopic (exact) mass is 266 g/mol. The predicted octanol–water partition coefficient (Wildman–Crippen LogP) is 0.648. The molecule has 0 aliphatic heterocycles. The van der Waals surface area contributed by atoms with Gasteiger partial charge in [-0.3, -0.25) is 9.48 Å². The van der Waals surface area contributed by atoms with Crippen LogP contribution in [0.25, 0.3) is 0 Å². The molecule has 1 unspecified atom stereocenters. The molecule has 18 heavy (non-hydrogen) atoms. The summed E-state index contributed by atoms with van der Waals surface area (Å²) < 4.78 is 1.45. The van der Waals surface area contributed by atoms with Gasteiger partial charge in [0.15, 0.2) is 5.69 Å². The molecule has 2 N–H and O–H groups in total. The molecule has 0 bridgehead atoms. The zero-order valence-electron chi connectivity index (χ0n) is 10.1. The maximum atomic E-state index is 11.7. The fraction of sp³-hybridized carbons (Fsp3) is 0.364. The summed E-state index contributed by atoms with van der Waals surface area (Å²) >= 11 is 1.48. The van der Waals surface area contributed by atoms with E-state index in [9.17, 15) is 9.90 Å². The van der Waals surface area contributed by atoms with Gasteiger partial charge in [-0.2, -0.15) is 0 Å². The summed E-state index contributed by atoms with van der Waals surface area (Å²) in [6.07, 6.45) is 0.837. The van der Waals surface area contributed by atoms with Crippen LogP contribution in [0.1, 0.15) is 27.0 Å². The molecule has 0 saturated heterocycles. The van der Waals surface area contributed by atoms with Crippen molar-refractivity contribution in [1.82, 2.24) is 20.3 Å². The van der Waals surface area contributed by atoms with Gasteiger partial charge in [-0.15, -0.1) is 16.4 Å². The minimum absolute atomic E-state index is 0.163. The molecule has 0 saturated carbocycles. The van der Waals surface area contributed by atoms with E-state index in [-0.39, 0.29) is 18.1 Å². The summed E-state index contributed by atoms with van der Waals surface area (Å²) in [6.45, 7) is 2.09. The topological polar surface area (TPSA) is 80.0 Å². The van der Waals surface area contributed by atoms with Crippen LogP contribution in [0.15, 0.2) is 17.6 Å². The van der Waals surface area contributed by atoms with Gasteiger partial charge in [0.05, 0.1) is 6.20 Å². The van der Waals surface area contributed by atoms with Gasteiger partial charge in [-0.05, 0) is 23.9 Å². The molecule has 1 atom stereocenters.